The number of carbonyl (C=O) groups excluding carboxylic acids is 1. The number of nitrogens with zero attached hydrogens (tertiary/aromatic N) is 3. The van der Waals surface area contributed by atoms with E-state index < -0.39 is 0 Å². The van der Waals surface area contributed by atoms with Gasteiger partial charge < -0.3 is 5.32 Å². The molecule has 0 saturated carbocycles. The Morgan fingerprint density at radius 1 is 1.14 bits per heavy atom. The summed E-state index contributed by atoms with van der Waals surface area (Å²) in [6.07, 6.45) is 5.32. The molecule has 0 aliphatic rings. The van der Waals surface area contributed by atoms with Crippen molar-refractivity contribution in [2.24, 2.45) is 0 Å². The average molecular weight is 388 g/mol. The van der Waals surface area contributed by atoms with Gasteiger partial charge in [0.2, 0.25) is 0 Å². The van der Waals surface area contributed by atoms with Gasteiger partial charge in [0.15, 0.2) is 0 Å². The molecular weight excluding hydrogens is 368 g/mol. The smallest absolute Gasteiger partial charge is 0.255 e. The van der Waals surface area contributed by atoms with Gasteiger partial charge in [-0.25, -0.2) is 0 Å². The number of amides is 1. The summed E-state index contributed by atoms with van der Waals surface area (Å²) in [4.78, 5) is 18.1. The molecule has 6 heteroatoms. The number of carbonyl (C=O) groups is 1. The maximum absolute atomic E-state index is 13.0. The van der Waals surface area contributed by atoms with Crippen LogP contribution in [0.15, 0.2) is 78.6 Å². The lowest BCUT2D eigenvalue weighted by Gasteiger charge is -2.13. The Morgan fingerprint density at radius 3 is 2.71 bits per heavy atom. The lowest BCUT2D eigenvalue weighted by molar-refractivity contribution is 0.0940. The normalized spacial score (nSPS) is 11.9. The lowest BCUT2D eigenvalue weighted by Crippen LogP contribution is -2.26. The Balaban J connectivity index is 1.62. The number of hydrogen-bond donors (Lipinski definition) is 1. The summed E-state index contributed by atoms with van der Waals surface area (Å²) in [6.45, 7) is 2.57. The fraction of sp³-hybridized carbons (Fsp3) is 0.136. The SMILES string of the molecule is C[C@@H](NC(=O)c1cn(Cc2ccccc2)nc1-c1cccs1)c1cccnc1. The molecule has 3 heterocycles. The van der Waals surface area contributed by atoms with Gasteiger partial charge >= 0.3 is 0 Å². The fourth-order valence-electron chi connectivity index (χ4n) is 3.02. The molecule has 0 unspecified atom stereocenters. The maximum atomic E-state index is 13.0. The number of hydrogen-bond acceptors (Lipinski definition) is 4. The Bertz CT molecular complexity index is 1040. The summed E-state index contributed by atoms with van der Waals surface area (Å²) >= 11 is 1.58. The molecule has 0 spiro atoms. The van der Waals surface area contributed by atoms with E-state index in [1.807, 2.05) is 65.6 Å². The number of pyridine rings is 1. The van der Waals surface area contributed by atoms with Crippen LogP contribution in [-0.2, 0) is 6.54 Å². The zero-order valence-electron chi connectivity index (χ0n) is 15.4. The van der Waals surface area contributed by atoms with Crippen LogP contribution in [0.3, 0.4) is 0 Å². The molecule has 1 atom stereocenters. The van der Waals surface area contributed by atoms with E-state index in [2.05, 4.69) is 22.4 Å². The standard InChI is InChI=1S/C22H20N4OS/c1-16(18-9-5-11-23-13-18)24-22(27)19-15-26(14-17-7-3-2-4-8-17)25-21(19)20-10-6-12-28-20/h2-13,15-16H,14H2,1H3,(H,24,27)/t16-/m1/s1. The molecule has 1 amide bonds. The lowest BCUT2D eigenvalue weighted by atomic mass is 10.1. The van der Waals surface area contributed by atoms with Gasteiger partial charge in [0.25, 0.3) is 5.91 Å². The van der Waals surface area contributed by atoms with E-state index in [1.54, 1.807) is 23.7 Å². The molecule has 0 radical (unpaired) electrons. The van der Waals surface area contributed by atoms with Gasteiger partial charge in [-0.15, -0.1) is 11.3 Å². The summed E-state index contributed by atoms with van der Waals surface area (Å²) in [5, 5.41) is 9.76. The van der Waals surface area contributed by atoms with Crippen LogP contribution in [-0.4, -0.2) is 20.7 Å². The van der Waals surface area contributed by atoms with E-state index in [9.17, 15) is 4.79 Å². The Morgan fingerprint density at radius 2 is 2.00 bits per heavy atom. The minimum absolute atomic E-state index is 0.140. The zero-order chi connectivity index (χ0) is 19.3. The third-order valence-electron chi connectivity index (χ3n) is 4.48. The van der Waals surface area contributed by atoms with Crippen molar-refractivity contribution in [3.63, 3.8) is 0 Å². The van der Waals surface area contributed by atoms with Crippen LogP contribution in [0.4, 0.5) is 0 Å². The summed E-state index contributed by atoms with van der Waals surface area (Å²) < 4.78 is 1.83. The number of thiophene rings is 1. The molecule has 0 fully saturated rings. The van der Waals surface area contributed by atoms with Gasteiger partial charge in [0.05, 0.1) is 23.0 Å². The van der Waals surface area contributed by atoms with Gasteiger partial charge in [-0.3, -0.25) is 14.5 Å². The largest absolute Gasteiger partial charge is 0.345 e. The van der Waals surface area contributed by atoms with E-state index in [1.165, 1.54) is 0 Å². The van der Waals surface area contributed by atoms with E-state index in [0.29, 0.717) is 17.8 Å². The van der Waals surface area contributed by atoms with Crippen LogP contribution in [0.2, 0.25) is 0 Å². The highest BCUT2D eigenvalue weighted by atomic mass is 32.1. The molecule has 0 aliphatic heterocycles. The van der Waals surface area contributed by atoms with Crippen LogP contribution in [0.1, 0.15) is 34.5 Å². The van der Waals surface area contributed by atoms with E-state index >= 15 is 0 Å². The first kappa shape index (κ1) is 18.1. The number of nitrogens with one attached hydrogen (secondary N) is 1. The molecular formula is C22H20N4OS. The fourth-order valence-corrected chi connectivity index (χ4v) is 3.75. The third kappa shape index (κ3) is 4.02. The molecule has 0 bridgehead atoms. The van der Waals surface area contributed by atoms with Crippen molar-refractivity contribution in [3.05, 3.63) is 95.3 Å². The first-order valence-electron chi connectivity index (χ1n) is 9.07. The van der Waals surface area contributed by atoms with Crippen LogP contribution in [0, 0.1) is 0 Å². The van der Waals surface area contributed by atoms with Gasteiger partial charge in [0.1, 0.15) is 5.69 Å². The Hall–Kier alpha value is -3.25. The highest BCUT2D eigenvalue weighted by molar-refractivity contribution is 7.13. The second kappa shape index (κ2) is 8.19. The first-order chi connectivity index (χ1) is 13.7. The first-order valence-corrected chi connectivity index (χ1v) is 9.95. The van der Waals surface area contributed by atoms with E-state index in [-0.39, 0.29) is 11.9 Å². The van der Waals surface area contributed by atoms with Crippen molar-refractivity contribution < 1.29 is 4.79 Å². The molecule has 1 N–H and O–H groups in total. The van der Waals surface area contributed by atoms with Gasteiger partial charge in [-0.05, 0) is 35.6 Å². The van der Waals surface area contributed by atoms with Crippen molar-refractivity contribution in [2.45, 2.75) is 19.5 Å². The highest BCUT2D eigenvalue weighted by Gasteiger charge is 2.20. The monoisotopic (exact) mass is 388 g/mol. The molecule has 140 valence electrons. The van der Waals surface area contributed by atoms with Crippen LogP contribution < -0.4 is 5.32 Å². The second-order valence-corrected chi connectivity index (χ2v) is 7.48. The van der Waals surface area contributed by atoms with Crippen LogP contribution in [0.5, 0.6) is 0 Å². The van der Waals surface area contributed by atoms with Gasteiger partial charge in [-0.1, -0.05) is 42.5 Å². The Labute approximate surface area is 167 Å². The number of rotatable bonds is 6. The second-order valence-electron chi connectivity index (χ2n) is 6.53. The summed E-state index contributed by atoms with van der Waals surface area (Å²) in [5.41, 5.74) is 3.39. The van der Waals surface area contributed by atoms with E-state index in [4.69, 9.17) is 5.10 Å². The molecule has 28 heavy (non-hydrogen) atoms. The third-order valence-corrected chi connectivity index (χ3v) is 5.36. The predicted molar refractivity (Wildman–Crippen MR) is 111 cm³/mol. The van der Waals surface area contributed by atoms with Crippen LogP contribution in [0.25, 0.3) is 10.6 Å². The predicted octanol–water partition coefficient (Wildman–Crippen LogP) is 4.55. The molecule has 4 rings (SSSR count). The quantitative estimate of drug-likeness (QED) is 0.527. The minimum atomic E-state index is -0.144. The Kier molecular flexibility index (Phi) is 5.30. The molecule has 4 aromatic rings. The maximum Gasteiger partial charge on any atom is 0.255 e. The highest BCUT2D eigenvalue weighted by Crippen LogP contribution is 2.27. The molecule has 0 saturated heterocycles. The molecule has 3 aromatic heterocycles. The van der Waals surface area contributed by atoms with Crippen molar-refractivity contribution in [3.8, 4) is 10.6 Å². The zero-order valence-corrected chi connectivity index (χ0v) is 16.3. The summed E-state index contributed by atoms with van der Waals surface area (Å²) in [5.74, 6) is -0.140. The minimum Gasteiger partial charge on any atom is -0.345 e. The summed E-state index contributed by atoms with van der Waals surface area (Å²) in [6, 6.07) is 17.7. The van der Waals surface area contributed by atoms with E-state index in [0.717, 1.165) is 16.0 Å². The van der Waals surface area contributed by atoms with Gasteiger partial charge in [-0.2, -0.15) is 5.10 Å². The molecule has 0 aliphatic carbocycles. The van der Waals surface area contributed by atoms with Crippen molar-refractivity contribution in [2.75, 3.05) is 0 Å². The van der Waals surface area contributed by atoms with Crippen molar-refractivity contribution in [1.29, 1.82) is 0 Å². The number of benzene rings is 1. The van der Waals surface area contributed by atoms with Gasteiger partial charge in [0, 0.05) is 18.6 Å². The molecule has 1 aromatic carbocycles. The van der Waals surface area contributed by atoms with Crippen molar-refractivity contribution in [1.82, 2.24) is 20.1 Å². The average Bonchev–Trinajstić information content (AvgIpc) is 3.39. The summed E-state index contributed by atoms with van der Waals surface area (Å²) in [7, 11) is 0. The topological polar surface area (TPSA) is 59.8 Å². The van der Waals surface area contributed by atoms with Crippen LogP contribution >= 0.6 is 11.3 Å². The molecule has 5 nitrogen and oxygen atoms in total. The van der Waals surface area contributed by atoms with Crippen molar-refractivity contribution >= 4 is 17.2 Å². The number of aromatic nitrogens is 3.